The third-order valence-corrected chi connectivity index (χ3v) is 3.90. The van der Waals surface area contributed by atoms with Crippen LogP contribution in [-0.2, 0) is 0 Å². The lowest BCUT2D eigenvalue weighted by Gasteiger charge is -2.35. The number of piperazine rings is 1. The maximum absolute atomic E-state index is 10.8. The quantitative estimate of drug-likeness (QED) is 0.885. The Bertz CT molecular complexity index is 448. The summed E-state index contributed by atoms with van der Waals surface area (Å²) in [6.07, 6.45) is 4.24. The zero-order valence-electron chi connectivity index (χ0n) is 11.0. The number of anilines is 1. The fourth-order valence-electron chi connectivity index (χ4n) is 2.52. The number of carbonyl (C=O) groups is 1. The van der Waals surface area contributed by atoms with Crippen molar-refractivity contribution in [2.75, 3.05) is 37.6 Å². The number of carboxylic acids is 1. The van der Waals surface area contributed by atoms with E-state index in [2.05, 4.69) is 14.8 Å². The van der Waals surface area contributed by atoms with E-state index in [9.17, 15) is 4.79 Å². The highest BCUT2D eigenvalue weighted by Gasteiger charge is 2.26. The van der Waals surface area contributed by atoms with Crippen molar-refractivity contribution in [1.29, 1.82) is 0 Å². The molecular formula is C14H19N3O2. The molecule has 2 heterocycles. The third kappa shape index (κ3) is 3.04. The number of hydrogen-bond acceptors (Lipinski definition) is 4. The zero-order valence-corrected chi connectivity index (χ0v) is 11.0. The molecule has 1 aromatic heterocycles. The van der Waals surface area contributed by atoms with Gasteiger partial charge in [0.1, 0.15) is 5.82 Å². The van der Waals surface area contributed by atoms with Crippen LogP contribution in [0.15, 0.2) is 18.3 Å². The van der Waals surface area contributed by atoms with Gasteiger partial charge in [-0.15, -0.1) is 0 Å². The summed E-state index contributed by atoms with van der Waals surface area (Å²) in [5.41, 5.74) is 0.246. The van der Waals surface area contributed by atoms with Crippen molar-refractivity contribution in [2.45, 2.75) is 12.8 Å². The van der Waals surface area contributed by atoms with Crippen molar-refractivity contribution in [3.63, 3.8) is 0 Å². The van der Waals surface area contributed by atoms with Gasteiger partial charge in [0.15, 0.2) is 0 Å². The van der Waals surface area contributed by atoms with E-state index in [4.69, 9.17) is 5.11 Å². The van der Waals surface area contributed by atoms with Crippen molar-refractivity contribution in [3.05, 3.63) is 23.9 Å². The first kappa shape index (κ1) is 12.4. The van der Waals surface area contributed by atoms with Crippen molar-refractivity contribution >= 4 is 11.8 Å². The first-order valence-corrected chi connectivity index (χ1v) is 6.89. The molecule has 102 valence electrons. The summed E-state index contributed by atoms with van der Waals surface area (Å²) in [6.45, 7) is 5.37. The van der Waals surface area contributed by atoms with E-state index in [1.807, 2.05) is 0 Å². The van der Waals surface area contributed by atoms with Crippen LogP contribution in [-0.4, -0.2) is 53.7 Å². The van der Waals surface area contributed by atoms with E-state index < -0.39 is 5.97 Å². The molecule has 1 saturated heterocycles. The van der Waals surface area contributed by atoms with Gasteiger partial charge in [0.2, 0.25) is 0 Å². The second-order valence-corrected chi connectivity index (χ2v) is 5.44. The van der Waals surface area contributed by atoms with Gasteiger partial charge in [-0.3, -0.25) is 4.90 Å². The molecule has 2 aliphatic rings. The molecule has 0 bridgehead atoms. The van der Waals surface area contributed by atoms with Crippen LogP contribution >= 0.6 is 0 Å². The van der Waals surface area contributed by atoms with Gasteiger partial charge in [0.25, 0.3) is 0 Å². The monoisotopic (exact) mass is 261 g/mol. The van der Waals surface area contributed by atoms with Gasteiger partial charge in [-0.2, -0.15) is 0 Å². The highest BCUT2D eigenvalue weighted by atomic mass is 16.4. The van der Waals surface area contributed by atoms with Gasteiger partial charge in [-0.05, 0) is 30.9 Å². The van der Waals surface area contributed by atoms with Crippen LogP contribution in [0.5, 0.6) is 0 Å². The van der Waals surface area contributed by atoms with Crippen LogP contribution in [0.25, 0.3) is 0 Å². The standard InChI is InChI=1S/C14H19N3O2/c18-14(19)12-3-4-13(15-9-12)17-7-5-16(6-8-17)10-11-1-2-11/h3-4,9,11H,1-2,5-8,10H2,(H,18,19). The normalized spacial score (nSPS) is 20.5. The average Bonchev–Trinajstić information content (AvgIpc) is 3.24. The molecule has 0 unspecified atom stereocenters. The molecule has 1 aliphatic heterocycles. The van der Waals surface area contributed by atoms with Crippen molar-refractivity contribution < 1.29 is 9.90 Å². The van der Waals surface area contributed by atoms with E-state index in [0.717, 1.165) is 37.9 Å². The van der Waals surface area contributed by atoms with Gasteiger partial charge in [0.05, 0.1) is 5.56 Å². The largest absolute Gasteiger partial charge is 0.478 e. The predicted octanol–water partition coefficient (Wildman–Crippen LogP) is 1.31. The van der Waals surface area contributed by atoms with Crippen LogP contribution in [0, 0.1) is 5.92 Å². The number of pyridine rings is 1. The Kier molecular flexibility index (Phi) is 3.38. The smallest absolute Gasteiger partial charge is 0.337 e. The third-order valence-electron chi connectivity index (χ3n) is 3.90. The Morgan fingerprint density at radius 2 is 2.00 bits per heavy atom. The molecule has 3 rings (SSSR count). The molecule has 0 aromatic carbocycles. The molecule has 0 spiro atoms. The lowest BCUT2D eigenvalue weighted by atomic mass is 10.2. The first-order chi connectivity index (χ1) is 9.22. The van der Waals surface area contributed by atoms with E-state index in [1.54, 1.807) is 12.1 Å². The van der Waals surface area contributed by atoms with Gasteiger partial charge < -0.3 is 10.0 Å². The number of hydrogen-bond donors (Lipinski definition) is 1. The maximum atomic E-state index is 10.8. The predicted molar refractivity (Wildman–Crippen MR) is 72.6 cm³/mol. The Morgan fingerprint density at radius 1 is 1.26 bits per heavy atom. The first-order valence-electron chi connectivity index (χ1n) is 6.89. The fourth-order valence-corrected chi connectivity index (χ4v) is 2.52. The van der Waals surface area contributed by atoms with Crippen LogP contribution in [0.4, 0.5) is 5.82 Å². The highest BCUT2D eigenvalue weighted by Crippen LogP contribution is 2.30. The molecule has 5 nitrogen and oxygen atoms in total. The Morgan fingerprint density at radius 3 is 2.53 bits per heavy atom. The summed E-state index contributed by atoms with van der Waals surface area (Å²) >= 11 is 0. The van der Waals surface area contributed by atoms with Gasteiger partial charge in [0, 0.05) is 38.9 Å². The van der Waals surface area contributed by atoms with E-state index in [1.165, 1.54) is 25.6 Å². The minimum absolute atomic E-state index is 0.246. The molecular weight excluding hydrogens is 242 g/mol. The van der Waals surface area contributed by atoms with Gasteiger partial charge in [-0.1, -0.05) is 0 Å². The SMILES string of the molecule is O=C(O)c1ccc(N2CCN(CC3CC3)CC2)nc1. The van der Waals surface area contributed by atoms with Gasteiger partial charge >= 0.3 is 5.97 Å². The van der Waals surface area contributed by atoms with E-state index in [0.29, 0.717) is 0 Å². The van der Waals surface area contributed by atoms with E-state index in [-0.39, 0.29) is 5.56 Å². The Hall–Kier alpha value is -1.62. The molecule has 0 atom stereocenters. The molecule has 2 fully saturated rings. The van der Waals surface area contributed by atoms with Crippen molar-refractivity contribution in [2.24, 2.45) is 5.92 Å². The molecule has 1 aliphatic carbocycles. The van der Waals surface area contributed by atoms with E-state index >= 15 is 0 Å². The topological polar surface area (TPSA) is 56.7 Å². The van der Waals surface area contributed by atoms with Crippen LogP contribution in [0.2, 0.25) is 0 Å². The summed E-state index contributed by atoms with van der Waals surface area (Å²) in [6, 6.07) is 3.43. The number of carboxylic acid groups (broad SMARTS) is 1. The van der Waals surface area contributed by atoms with Crippen molar-refractivity contribution in [1.82, 2.24) is 9.88 Å². The number of nitrogens with zero attached hydrogens (tertiary/aromatic N) is 3. The molecule has 1 N–H and O–H groups in total. The summed E-state index contributed by atoms with van der Waals surface area (Å²) in [4.78, 5) is 19.8. The second-order valence-electron chi connectivity index (χ2n) is 5.44. The van der Waals surface area contributed by atoms with Crippen LogP contribution in [0.1, 0.15) is 23.2 Å². The lowest BCUT2D eigenvalue weighted by Crippen LogP contribution is -2.47. The van der Waals surface area contributed by atoms with Crippen LogP contribution < -0.4 is 4.90 Å². The second kappa shape index (κ2) is 5.17. The Labute approximate surface area is 112 Å². The summed E-state index contributed by atoms with van der Waals surface area (Å²) in [7, 11) is 0. The molecule has 0 amide bonds. The van der Waals surface area contributed by atoms with Crippen molar-refractivity contribution in [3.8, 4) is 0 Å². The molecule has 1 aromatic rings. The minimum Gasteiger partial charge on any atom is -0.478 e. The summed E-state index contributed by atoms with van der Waals surface area (Å²) in [5, 5.41) is 8.85. The zero-order chi connectivity index (χ0) is 13.2. The Balaban J connectivity index is 1.56. The van der Waals surface area contributed by atoms with Gasteiger partial charge in [-0.25, -0.2) is 9.78 Å². The minimum atomic E-state index is -0.923. The average molecular weight is 261 g/mol. The number of aromatic nitrogens is 1. The fraction of sp³-hybridized carbons (Fsp3) is 0.571. The summed E-state index contributed by atoms with van der Waals surface area (Å²) < 4.78 is 0. The maximum Gasteiger partial charge on any atom is 0.337 e. The lowest BCUT2D eigenvalue weighted by molar-refractivity contribution is 0.0696. The molecule has 0 radical (unpaired) electrons. The molecule has 1 saturated carbocycles. The highest BCUT2D eigenvalue weighted by molar-refractivity contribution is 5.87. The molecule has 5 heteroatoms. The summed E-state index contributed by atoms with van der Waals surface area (Å²) in [5.74, 6) is 0.906. The number of aromatic carboxylic acids is 1. The molecule has 19 heavy (non-hydrogen) atoms. The number of rotatable bonds is 4. The van der Waals surface area contributed by atoms with Crippen LogP contribution in [0.3, 0.4) is 0 Å².